The van der Waals surface area contributed by atoms with Crippen LogP contribution in [0.1, 0.15) is 0 Å². The van der Waals surface area contributed by atoms with E-state index in [0.29, 0.717) is 10.0 Å². The maximum absolute atomic E-state index is 12.6. The third kappa shape index (κ3) is 3.63. The zero-order chi connectivity index (χ0) is 19.9. The molecule has 7 heteroatoms. The van der Waals surface area contributed by atoms with Crippen molar-refractivity contribution in [2.45, 2.75) is 17.5 Å². The van der Waals surface area contributed by atoms with Gasteiger partial charge in [0.05, 0.1) is 23.3 Å². The highest BCUT2D eigenvalue weighted by Crippen LogP contribution is 2.33. The highest BCUT2D eigenvalue weighted by Gasteiger charge is 2.21. The number of aromatic nitrogens is 1. The molecule has 0 saturated heterocycles. The highest BCUT2D eigenvalue weighted by atomic mass is 35.5. The summed E-state index contributed by atoms with van der Waals surface area (Å²) in [5, 5.41) is 13.6. The number of hydrogen-bond donors (Lipinski definition) is 1. The van der Waals surface area contributed by atoms with Gasteiger partial charge in [-0.3, -0.25) is 0 Å². The Morgan fingerprint density at radius 1 is 0.857 bits per heavy atom. The van der Waals surface area contributed by atoms with Crippen LogP contribution < -0.4 is 0 Å². The first-order valence-corrected chi connectivity index (χ1v) is 11.1. The lowest BCUT2D eigenvalue weighted by molar-refractivity contribution is 0.179. The fourth-order valence-electron chi connectivity index (χ4n) is 3.49. The molecule has 0 radical (unpaired) electrons. The van der Waals surface area contributed by atoms with Gasteiger partial charge in [-0.15, -0.1) is 0 Å². The molecule has 3 aromatic carbocycles. The quantitative estimate of drug-likeness (QED) is 0.484. The van der Waals surface area contributed by atoms with Gasteiger partial charge in [-0.1, -0.05) is 41.4 Å². The molecule has 0 aliphatic heterocycles. The van der Waals surface area contributed by atoms with Crippen LogP contribution in [0, 0.1) is 0 Å². The molecule has 28 heavy (non-hydrogen) atoms. The van der Waals surface area contributed by atoms with E-state index in [9.17, 15) is 13.5 Å². The van der Waals surface area contributed by atoms with Crippen molar-refractivity contribution in [1.82, 2.24) is 4.57 Å². The van der Waals surface area contributed by atoms with E-state index in [1.807, 2.05) is 28.8 Å². The average Bonchev–Trinajstić information content (AvgIpc) is 2.94. The van der Waals surface area contributed by atoms with E-state index in [4.69, 9.17) is 23.2 Å². The Bertz CT molecular complexity index is 1210. The third-order valence-corrected chi connectivity index (χ3v) is 6.98. The van der Waals surface area contributed by atoms with E-state index < -0.39 is 15.9 Å². The molecule has 1 aromatic heterocycles. The summed E-state index contributed by atoms with van der Waals surface area (Å²) in [4.78, 5) is 0.204. The number of aliphatic hydroxyl groups excluding tert-OH is 1. The highest BCUT2D eigenvalue weighted by molar-refractivity contribution is 7.91. The Labute approximate surface area is 172 Å². The van der Waals surface area contributed by atoms with Crippen molar-refractivity contribution in [2.75, 3.05) is 5.75 Å². The normalized spacial score (nSPS) is 13.2. The lowest BCUT2D eigenvalue weighted by Gasteiger charge is -2.14. The molecular weight excluding hydrogens is 417 g/mol. The van der Waals surface area contributed by atoms with Crippen molar-refractivity contribution in [1.29, 1.82) is 0 Å². The van der Waals surface area contributed by atoms with Crippen molar-refractivity contribution in [3.8, 4) is 0 Å². The van der Waals surface area contributed by atoms with Crippen LogP contribution in [-0.2, 0) is 16.4 Å². The van der Waals surface area contributed by atoms with Gasteiger partial charge in [0.1, 0.15) is 0 Å². The van der Waals surface area contributed by atoms with Crippen molar-refractivity contribution < 1.29 is 13.5 Å². The first kappa shape index (κ1) is 19.3. The van der Waals surface area contributed by atoms with E-state index in [-0.39, 0.29) is 17.2 Å². The van der Waals surface area contributed by atoms with Gasteiger partial charge in [0, 0.05) is 31.9 Å². The van der Waals surface area contributed by atoms with Crippen LogP contribution >= 0.6 is 23.2 Å². The summed E-state index contributed by atoms with van der Waals surface area (Å²) < 4.78 is 27.1. The van der Waals surface area contributed by atoms with Crippen LogP contribution in [0.4, 0.5) is 0 Å². The molecule has 1 heterocycles. The molecular formula is C21H17Cl2NO3S. The van der Waals surface area contributed by atoms with Gasteiger partial charge >= 0.3 is 0 Å². The summed E-state index contributed by atoms with van der Waals surface area (Å²) in [6.45, 7) is 0.134. The summed E-state index contributed by atoms with van der Waals surface area (Å²) in [5.74, 6) is -0.362. The Balaban J connectivity index is 1.73. The molecule has 4 aromatic rings. The molecule has 1 atom stereocenters. The number of fused-ring (bicyclic) bond motifs is 3. The second kappa shape index (κ2) is 7.41. The monoisotopic (exact) mass is 433 g/mol. The molecule has 0 saturated carbocycles. The van der Waals surface area contributed by atoms with E-state index in [2.05, 4.69) is 0 Å². The zero-order valence-corrected chi connectivity index (χ0v) is 17.0. The van der Waals surface area contributed by atoms with Crippen LogP contribution in [0.15, 0.2) is 71.6 Å². The molecule has 4 nitrogen and oxygen atoms in total. The zero-order valence-electron chi connectivity index (χ0n) is 14.7. The maximum Gasteiger partial charge on any atom is 0.180 e. The minimum absolute atomic E-state index is 0.134. The lowest BCUT2D eigenvalue weighted by atomic mass is 10.1. The Kier molecular flexibility index (Phi) is 5.10. The molecule has 0 aliphatic carbocycles. The van der Waals surface area contributed by atoms with Gasteiger partial charge in [-0.25, -0.2) is 8.42 Å². The maximum atomic E-state index is 12.6. The van der Waals surface area contributed by atoms with Gasteiger partial charge in [0.15, 0.2) is 9.84 Å². The van der Waals surface area contributed by atoms with E-state index >= 15 is 0 Å². The van der Waals surface area contributed by atoms with Crippen LogP contribution in [0.5, 0.6) is 0 Å². The first-order valence-electron chi connectivity index (χ1n) is 8.68. The number of benzene rings is 3. The van der Waals surface area contributed by atoms with Gasteiger partial charge in [-0.2, -0.15) is 0 Å². The second-order valence-corrected chi connectivity index (χ2v) is 9.59. The molecule has 0 amide bonds. The Morgan fingerprint density at radius 3 is 1.93 bits per heavy atom. The van der Waals surface area contributed by atoms with Crippen LogP contribution in [-0.4, -0.2) is 29.9 Å². The van der Waals surface area contributed by atoms with Gasteiger partial charge in [0.25, 0.3) is 0 Å². The van der Waals surface area contributed by atoms with Gasteiger partial charge in [0.2, 0.25) is 0 Å². The minimum Gasteiger partial charge on any atom is -0.390 e. The standard InChI is InChI=1S/C21H17Cl2NO3S/c22-14-6-8-20-18(10-14)19-11-15(23)7-9-21(19)24(20)12-16(25)13-28(26,27)17-4-2-1-3-5-17/h1-11,16,25H,12-13H2. The summed E-state index contributed by atoms with van der Waals surface area (Å²) >= 11 is 12.3. The summed E-state index contributed by atoms with van der Waals surface area (Å²) in [6, 6.07) is 19.1. The van der Waals surface area contributed by atoms with Crippen molar-refractivity contribution >= 4 is 54.8 Å². The minimum atomic E-state index is -3.59. The number of hydrogen-bond acceptors (Lipinski definition) is 3. The number of sulfone groups is 1. The fourth-order valence-corrected chi connectivity index (χ4v) is 5.21. The van der Waals surface area contributed by atoms with Crippen LogP contribution in [0.2, 0.25) is 10.0 Å². The lowest BCUT2D eigenvalue weighted by Crippen LogP contribution is -2.25. The third-order valence-electron chi connectivity index (χ3n) is 4.70. The number of rotatable bonds is 5. The van der Waals surface area contributed by atoms with Crippen LogP contribution in [0.3, 0.4) is 0 Å². The molecule has 1 N–H and O–H groups in total. The second-order valence-electron chi connectivity index (χ2n) is 6.68. The number of halogens is 2. The van der Waals surface area contributed by atoms with E-state index in [0.717, 1.165) is 21.8 Å². The van der Waals surface area contributed by atoms with Crippen molar-refractivity contribution in [3.05, 3.63) is 76.8 Å². The molecule has 0 aliphatic rings. The number of aliphatic hydroxyl groups is 1. The van der Waals surface area contributed by atoms with Gasteiger partial charge < -0.3 is 9.67 Å². The SMILES string of the molecule is O=S(=O)(CC(O)Cn1c2ccc(Cl)cc2c2cc(Cl)ccc21)c1ccccc1. The van der Waals surface area contributed by atoms with E-state index in [1.54, 1.807) is 30.3 Å². The molecule has 4 rings (SSSR count). The first-order chi connectivity index (χ1) is 13.3. The Hall–Kier alpha value is -2.05. The average molecular weight is 434 g/mol. The topological polar surface area (TPSA) is 59.3 Å². The Morgan fingerprint density at radius 2 is 1.39 bits per heavy atom. The summed E-state index contributed by atoms with van der Waals surface area (Å²) in [7, 11) is -3.59. The predicted octanol–water partition coefficient (Wildman–Crippen LogP) is 4.94. The number of nitrogens with zero attached hydrogens (tertiary/aromatic N) is 1. The smallest absolute Gasteiger partial charge is 0.180 e. The molecule has 0 bridgehead atoms. The predicted molar refractivity (Wildman–Crippen MR) is 114 cm³/mol. The van der Waals surface area contributed by atoms with Crippen LogP contribution in [0.25, 0.3) is 21.8 Å². The summed E-state index contributed by atoms with van der Waals surface area (Å²) in [5.41, 5.74) is 1.72. The fraction of sp³-hybridized carbons (Fsp3) is 0.143. The summed E-state index contributed by atoms with van der Waals surface area (Å²) in [6.07, 6.45) is -1.07. The van der Waals surface area contributed by atoms with Gasteiger partial charge in [-0.05, 0) is 48.5 Å². The molecule has 0 spiro atoms. The van der Waals surface area contributed by atoms with E-state index in [1.165, 1.54) is 12.1 Å². The largest absolute Gasteiger partial charge is 0.390 e. The molecule has 1 unspecified atom stereocenters. The van der Waals surface area contributed by atoms with Crippen molar-refractivity contribution in [2.24, 2.45) is 0 Å². The molecule has 144 valence electrons. The van der Waals surface area contributed by atoms with Crippen molar-refractivity contribution in [3.63, 3.8) is 0 Å². The molecule has 0 fully saturated rings.